The number of hydrogen-bond donors (Lipinski definition) is 1. The number of ether oxygens (including phenoxy) is 2. The third-order valence-electron chi connectivity index (χ3n) is 2.23. The fourth-order valence-electron chi connectivity index (χ4n) is 1.36. The molecule has 1 N–H and O–H groups in total. The summed E-state index contributed by atoms with van der Waals surface area (Å²) >= 11 is 0. The van der Waals surface area contributed by atoms with E-state index in [9.17, 15) is 17.6 Å². The van der Waals surface area contributed by atoms with Gasteiger partial charge in [-0.3, -0.25) is 0 Å². The van der Waals surface area contributed by atoms with E-state index in [1.165, 1.54) is 13.0 Å². The zero-order chi connectivity index (χ0) is 15.2. The number of hydrogen-bond acceptors (Lipinski definition) is 4. The molecule has 0 bridgehead atoms. The molecule has 0 amide bonds. The van der Waals surface area contributed by atoms with Crippen LogP contribution in [0.5, 0.6) is 5.75 Å². The van der Waals surface area contributed by atoms with Crippen LogP contribution in [0, 0.1) is 5.82 Å². The molecule has 1 aromatic rings. The van der Waals surface area contributed by atoms with Crippen molar-refractivity contribution in [1.29, 1.82) is 0 Å². The molecule has 0 spiro atoms. The molecule has 0 aliphatic carbocycles. The average molecular weight is 295 g/mol. The molecule has 1 rings (SSSR count). The van der Waals surface area contributed by atoms with Gasteiger partial charge in [0, 0.05) is 5.56 Å². The molecule has 1 aromatic carbocycles. The van der Waals surface area contributed by atoms with Gasteiger partial charge < -0.3 is 14.7 Å². The van der Waals surface area contributed by atoms with Gasteiger partial charge in [-0.05, 0) is 25.1 Å². The van der Waals surface area contributed by atoms with Crippen molar-refractivity contribution in [2.24, 2.45) is 5.16 Å². The first-order valence-corrected chi connectivity index (χ1v) is 5.59. The summed E-state index contributed by atoms with van der Waals surface area (Å²) in [5, 5.41) is 11.6. The minimum Gasteiger partial charge on any atom is -0.490 e. The van der Waals surface area contributed by atoms with E-state index in [2.05, 4.69) is 9.89 Å². The van der Waals surface area contributed by atoms with Gasteiger partial charge in [-0.25, -0.2) is 4.39 Å². The second-order valence-electron chi connectivity index (χ2n) is 3.84. The Labute approximate surface area is 112 Å². The van der Waals surface area contributed by atoms with Gasteiger partial charge in [0.2, 0.25) is 0 Å². The molecular formula is C12H13F4NO3. The lowest BCUT2D eigenvalue weighted by atomic mass is 10.1. The van der Waals surface area contributed by atoms with Crippen LogP contribution in [0.25, 0.3) is 0 Å². The fourth-order valence-corrected chi connectivity index (χ4v) is 1.36. The maximum Gasteiger partial charge on any atom is 0.411 e. The van der Waals surface area contributed by atoms with E-state index in [1.807, 2.05) is 0 Å². The first-order chi connectivity index (χ1) is 9.33. The summed E-state index contributed by atoms with van der Waals surface area (Å²) in [6, 6.07) is 3.52. The second-order valence-corrected chi connectivity index (χ2v) is 3.84. The Bertz CT molecular complexity index is 474. The third-order valence-corrected chi connectivity index (χ3v) is 2.23. The Morgan fingerprint density at radius 2 is 2.00 bits per heavy atom. The van der Waals surface area contributed by atoms with Crippen molar-refractivity contribution in [3.8, 4) is 5.75 Å². The molecule has 0 saturated heterocycles. The van der Waals surface area contributed by atoms with Crippen molar-refractivity contribution in [1.82, 2.24) is 0 Å². The second kappa shape index (κ2) is 7.09. The fraction of sp³-hybridized carbons (Fsp3) is 0.417. The summed E-state index contributed by atoms with van der Waals surface area (Å²) in [7, 11) is 0. The van der Waals surface area contributed by atoms with Gasteiger partial charge in [0.25, 0.3) is 0 Å². The predicted molar refractivity (Wildman–Crippen MR) is 62.8 cm³/mol. The molecule has 0 heterocycles. The Kier molecular flexibility index (Phi) is 5.75. The molecule has 0 atom stereocenters. The summed E-state index contributed by atoms with van der Waals surface area (Å²) in [5.74, 6) is -0.360. The summed E-state index contributed by atoms with van der Waals surface area (Å²) in [6.45, 7) is -0.343. The van der Waals surface area contributed by atoms with Gasteiger partial charge in [0.05, 0.1) is 12.3 Å². The van der Waals surface area contributed by atoms with Gasteiger partial charge >= 0.3 is 6.18 Å². The van der Waals surface area contributed by atoms with E-state index >= 15 is 0 Å². The molecule has 0 aromatic heterocycles. The topological polar surface area (TPSA) is 51.1 Å². The lowest BCUT2D eigenvalue weighted by Gasteiger charge is -2.12. The third kappa shape index (κ3) is 5.43. The van der Waals surface area contributed by atoms with E-state index in [0.717, 1.165) is 12.1 Å². The SMILES string of the molecule is C/C(=N/O)c1cc(F)ccc1OCCOCC(F)(F)F. The van der Waals surface area contributed by atoms with Gasteiger partial charge in [-0.15, -0.1) is 0 Å². The highest BCUT2D eigenvalue weighted by molar-refractivity contribution is 6.00. The minimum absolute atomic E-state index is 0.121. The lowest BCUT2D eigenvalue weighted by Crippen LogP contribution is -2.19. The van der Waals surface area contributed by atoms with Crippen LogP contribution in [-0.4, -0.2) is 36.9 Å². The van der Waals surface area contributed by atoms with Crippen LogP contribution < -0.4 is 4.74 Å². The standard InChI is InChI=1S/C12H13F4NO3/c1-8(17-18)10-6-9(13)2-3-11(10)20-5-4-19-7-12(14,15)16/h2-3,6,18H,4-5,7H2,1H3/b17-8-. The summed E-state index contributed by atoms with van der Waals surface area (Å²) in [4.78, 5) is 0. The van der Waals surface area contributed by atoms with Crippen molar-refractivity contribution >= 4 is 5.71 Å². The number of oxime groups is 1. The van der Waals surface area contributed by atoms with Gasteiger partial charge in [0.15, 0.2) is 0 Å². The Morgan fingerprint density at radius 1 is 1.30 bits per heavy atom. The molecule has 0 saturated carbocycles. The molecule has 4 nitrogen and oxygen atoms in total. The number of rotatable bonds is 6. The molecule has 0 aliphatic heterocycles. The molecule has 112 valence electrons. The summed E-state index contributed by atoms with van der Waals surface area (Å²) in [6.07, 6.45) is -4.39. The van der Waals surface area contributed by atoms with Crippen LogP contribution in [0.2, 0.25) is 0 Å². The van der Waals surface area contributed by atoms with Gasteiger partial charge in [-0.2, -0.15) is 13.2 Å². The quantitative estimate of drug-likeness (QED) is 0.288. The average Bonchev–Trinajstić information content (AvgIpc) is 2.37. The number of nitrogens with zero attached hydrogens (tertiary/aromatic N) is 1. The van der Waals surface area contributed by atoms with Gasteiger partial charge in [0.1, 0.15) is 24.8 Å². The largest absolute Gasteiger partial charge is 0.490 e. The van der Waals surface area contributed by atoms with Crippen molar-refractivity contribution in [2.45, 2.75) is 13.1 Å². The number of halogens is 4. The molecule has 0 fully saturated rings. The van der Waals surface area contributed by atoms with Crippen LogP contribution in [-0.2, 0) is 4.74 Å². The van der Waals surface area contributed by atoms with Crippen molar-refractivity contribution in [3.05, 3.63) is 29.6 Å². The van der Waals surface area contributed by atoms with E-state index in [1.54, 1.807) is 0 Å². The zero-order valence-electron chi connectivity index (χ0n) is 10.6. The number of alkyl halides is 3. The van der Waals surface area contributed by atoms with Gasteiger partial charge in [-0.1, -0.05) is 5.16 Å². The molecular weight excluding hydrogens is 282 g/mol. The first kappa shape index (κ1) is 16.2. The maximum atomic E-state index is 13.1. The Morgan fingerprint density at radius 3 is 2.60 bits per heavy atom. The Hall–Kier alpha value is -1.83. The predicted octanol–water partition coefficient (Wildman–Crippen LogP) is 2.98. The van der Waals surface area contributed by atoms with Crippen LogP contribution in [0.4, 0.5) is 17.6 Å². The molecule has 0 aliphatic rings. The summed E-state index contributed by atoms with van der Waals surface area (Å²) < 4.78 is 58.1. The smallest absolute Gasteiger partial charge is 0.411 e. The maximum absolute atomic E-state index is 13.1. The van der Waals surface area contributed by atoms with E-state index < -0.39 is 18.6 Å². The van der Waals surface area contributed by atoms with Crippen LogP contribution >= 0.6 is 0 Å². The highest BCUT2D eigenvalue weighted by Gasteiger charge is 2.27. The highest BCUT2D eigenvalue weighted by Crippen LogP contribution is 2.21. The molecule has 0 radical (unpaired) electrons. The monoisotopic (exact) mass is 295 g/mol. The molecule has 20 heavy (non-hydrogen) atoms. The van der Waals surface area contributed by atoms with E-state index in [4.69, 9.17) is 9.94 Å². The minimum atomic E-state index is -4.39. The van der Waals surface area contributed by atoms with Crippen molar-refractivity contribution in [3.63, 3.8) is 0 Å². The lowest BCUT2D eigenvalue weighted by molar-refractivity contribution is -0.175. The first-order valence-electron chi connectivity index (χ1n) is 5.59. The van der Waals surface area contributed by atoms with E-state index in [-0.39, 0.29) is 30.2 Å². The number of benzene rings is 1. The van der Waals surface area contributed by atoms with Crippen molar-refractivity contribution < 1.29 is 32.2 Å². The zero-order valence-corrected chi connectivity index (χ0v) is 10.6. The Balaban J connectivity index is 2.56. The molecule has 0 unspecified atom stereocenters. The highest BCUT2D eigenvalue weighted by atomic mass is 19.4. The van der Waals surface area contributed by atoms with Crippen LogP contribution in [0.1, 0.15) is 12.5 Å². The van der Waals surface area contributed by atoms with E-state index in [0.29, 0.717) is 0 Å². The van der Waals surface area contributed by atoms with Crippen LogP contribution in [0.3, 0.4) is 0 Å². The summed E-state index contributed by atoms with van der Waals surface area (Å²) in [5.41, 5.74) is 0.332. The molecule has 8 heteroatoms. The van der Waals surface area contributed by atoms with Crippen molar-refractivity contribution in [2.75, 3.05) is 19.8 Å². The normalized spacial score (nSPS) is 12.6. The van der Waals surface area contributed by atoms with Crippen LogP contribution in [0.15, 0.2) is 23.4 Å².